The predicted molar refractivity (Wildman–Crippen MR) is 93.3 cm³/mol. The van der Waals surface area contributed by atoms with Gasteiger partial charge in [-0.05, 0) is 42.3 Å². The fraction of sp³-hybridized carbons (Fsp3) is 0.350. The molecule has 2 aromatic rings. The highest BCUT2D eigenvalue weighted by Crippen LogP contribution is 2.30. The largest absolute Gasteiger partial charge is 0.489 e. The third kappa shape index (κ3) is 3.75. The van der Waals surface area contributed by atoms with Crippen LogP contribution in [0.15, 0.2) is 48.5 Å². The quantitative estimate of drug-likeness (QED) is 0.749. The van der Waals surface area contributed by atoms with Crippen molar-refractivity contribution in [2.24, 2.45) is 0 Å². The van der Waals surface area contributed by atoms with Crippen molar-refractivity contribution in [3.05, 3.63) is 59.7 Å². The second-order valence-electron chi connectivity index (χ2n) is 6.25. The zero-order chi connectivity index (χ0) is 16.9. The fourth-order valence-corrected chi connectivity index (χ4v) is 3.18. The van der Waals surface area contributed by atoms with E-state index in [-0.39, 0.29) is 6.04 Å². The highest BCUT2D eigenvalue weighted by molar-refractivity contribution is 5.56. The smallest absolute Gasteiger partial charge is 0.122 e. The SMILES string of the molecule is Cc1ccccc1COc1ccc(N2CC(F)CC2CC=O)cc1. The molecule has 2 unspecified atom stereocenters. The maximum Gasteiger partial charge on any atom is 0.122 e. The molecule has 1 heterocycles. The first kappa shape index (κ1) is 16.5. The number of carbonyl (C=O) groups is 1. The van der Waals surface area contributed by atoms with Gasteiger partial charge in [0.2, 0.25) is 0 Å². The van der Waals surface area contributed by atoms with Crippen molar-refractivity contribution >= 4 is 12.0 Å². The summed E-state index contributed by atoms with van der Waals surface area (Å²) in [6, 6.07) is 15.8. The average Bonchev–Trinajstić information content (AvgIpc) is 2.95. The van der Waals surface area contributed by atoms with Crippen LogP contribution in [0.25, 0.3) is 0 Å². The summed E-state index contributed by atoms with van der Waals surface area (Å²) in [6.45, 7) is 2.94. The van der Waals surface area contributed by atoms with Crippen LogP contribution in [0.1, 0.15) is 24.0 Å². The molecule has 3 rings (SSSR count). The first-order chi connectivity index (χ1) is 11.7. The van der Waals surface area contributed by atoms with Crippen molar-refractivity contribution in [1.82, 2.24) is 0 Å². The molecule has 24 heavy (non-hydrogen) atoms. The van der Waals surface area contributed by atoms with Gasteiger partial charge in [-0.25, -0.2) is 4.39 Å². The lowest BCUT2D eigenvalue weighted by atomic mass is 10.1. The van der Waals surface area contributed by atoms with Crippen LogP contribution >= 0.6 is 0 Å². The summed E-state index contributed by atoms with van der Waals surface area (Å²) in [5.41, 5.74) is 3.30. The van der Waals surface area contributed by atoms with E-state index < -0.39 is 6.17 Å². The van der Waals surface area contributed by atoms with E-state index in [1.165, 1.54) is 5.56 Å². The minimum absolute atomic E-state index is 0.0452. The Bertz CT molecular complexity index is 686. The van der Waals surface area contributed by atoms with Crippen LogP contribution in [-0.2, 0) is 11.4 Å². The molecule has 2 atom stereocenters. The molecular formula is C20H22FNO2. The lowest BCUT2D eigenvalue weighted by Crippen LogP contribution is -2.29. The van der Waals surface area contributed by atoms with Gasteiger partial charge in [0, 0.05) is 31.1 Å². The summed E-state index contributed by atoms with van der Waals surface area (Å²) in [4.78, 5) is 12.8. The normalized spacial score (nSPS) is 20.2. The summed E-state index contributed by atoms with van der Waals surface area (Å²) in [6.07, 6.45) is 0.790. The number of benzene rings is 2. The number of alkyl halides is 1. The van der Waals surface area contributed by atoms with Gasteiger partial charge in [0.25, 0.3) is 0 Å². The Hall–Kier alpha value is -2.36. The Morgan fingerprint density at radius 2 is 1.96 bits per heavy atom. The molecule has 0 bridgehead atoms. The van der Waals surface area contributed by atoms with Gasteiger partial charge in [-0.15, -0.1) is 0 Å². The van der Waals surface area contributed by atoms with Crippen molar-refractivity contribution in [2.45, 2.75) is 38.6 Å². The molecule has 0 N–H and O–H groups in total. The Balaban J connectivity index is 1.65. The third-order valence-corrected chi connectivity index (χ3v) is 4.56. The fourth-order valence-electron chi connectivity index (χ4n) is 3.18. The highest BCUT2D eigenvalue weighted by atomic mass is 19.1. The molecule has 2 aromatic carbocycles. The maximum absolute atomic E-state index is 13.7. The molecule has 1 aliphatic heterocycles. The standard InChI is InChI=1S/C20H22FNO2/c1-15-4-2-3-5-16(15)14-24-20-8-6-18(7-9-20)22-13-17(21)12-19(22)10-11-23/h2-9,11,17,19H,10,12-14H2,1H3. The topological polar surface area (TPSA) is 29.5 Å². The summed E-state index contributed by atoms with van der Waals surface area (Å²) >= 11 is 0. The number of halogens is 1. The molecule has 1 saturated heterocycles. The van der Waals surface area contributed by atoms with Crippen LogP contribution < -0.4 is 9.64 Å². The van der Waals surface area contributed by atoms with Crippen molar-refractivity contribution in [3.8, 4) is 5.75 Å². The maximum atomic E-state index is 13.7. The number of nitrogens with zero attached hydrogens (tertiary/aromatic N) is 1. The number of rotatable bonds is 6. The van der Waals surface area contributed by atoms with Gasteiger partial charge in [0.1, 0.15) is 24.8 Å². The van der Waals surface area contributed by atoms with Crippen LogP contribution in [0.5, 0.6) is 5.75 Å². The minimum Gasteiger partial charge on any atom is -0.489 e. The second-order valence-corrected chi connectivity index (χ2v) is 6.25. The lowest BCUT2D eigenvalue weighted by Gasteiger charge is -2.25. The van der Waals surface area contributed by atoms with Gasteiger partial charge in [-0.3, -0.25) is 0 Å². The van der Waals surface area contributed by atoms with E-state index in [0.29, 0.717) is 26.0 Å². The van der Waals surface area contributed by atoms with Gasteiger partial charge in [-0.1, -0.05) is 24.3 Å². The molecule has 0 aromatic heterocycles. The number of anilines is 1. The molecule has 0 spiro atoms. The Morgan fingerprint density at radius 3 is 2.67 bits per heavy atom. The number of ether oxygens (including phenoxy) is 1. The Labute approximate surface area is 142 Å². The zero-order valence-corrected chi connectivity index (χ0v) is 13.8. The Morgan fingerprint density at radius 1 is 1.21 bits per heavy atom. The summed E-state index contributed by atoms with van der Waals surface area (Å²) in [7, 11) is 0. The summed E-state index contributed by atoms with van der Waals surface area (Å²) in [5.74, 6) is 0.782. The van der Waals surface area contributed by atoms with Crippen LogP contribution in [0, 0.1) is 6.92 Å². The predicted octanol–water partition coefficient (Wildman–Crippen LogP) is 4.08. The Kier molecular flexibility index (Phi) is 5.14. The molecule has 126 valence electrons. The van der Waals surface area contributed by atoms with E-state index in [1.807, 2.05) is 41.3 Å². The first-order valence-corrected chi connectivity index (χ1v) is 8.29. The van der Waals surface area contributed by atoms with E-state index in [2.05, 4.69) is 19.1 Å². The van der Waals surface area contributed by atoms with E-state index in [4.69, 9.17) is 4.74 Å². The number of aryl methyl sites for hydroxylation is 1. The average molecular weight is 327 g/mol. The zero-order valence-electron chi connectivity index (χ0n) is 13.8. The number of aldehydes is 1. The highest BCUT2D eigenvalue weighted by Gasteiger charge is 2.31. The van der Waals surface area contributed by atoms with Crippen LogP contribution in [0.2, 0.25) is 0 Å². The molecule has 3 nitrogen and oxygen atoms in total. The molecule has 1 fully saturated rings. The lowest BCUT2D eigenvalue weighted by molar-refractivity contribution is -0.108. The van der Waals surface area contributed by atoms with E-state index >= 15 is 0 Å². The third-order valence-electron chi connectivity index (χ3n) is 4.56. The van der Waals surface area contributed by atoms with Gasteiger partial charge in [0.15, 0.2) is 0 Å². The van der Waals surface area contributed by atoms with Crippen LogP contribution in [0.4, 0.5) is 10.1 Å². The molecule has 0 aliphatic carbocycles. The number of hydrogen-bond acceptors (Lipinski definition) is 3. The number of hydrogen-bond donors (Lipinski definition) is 0. The first-order valence-electron chi connectivity index (χ1n) is 8.29. The van der Waals surface area contributed by atoms with Crippen molar-refractivity contribution < 1.29 is 13.9 Å². The van der Waals surface area contributed by atoms with E-state index in [9.17, 15) is 9.18 Å². The summed E-state index contributed by atoms with van der Waals surface area (Å²) < 4.78 is 19.5. The number of carbonyl (C=O) groups excluding carboxylic acids is 1. The van der Waals surface area contributed by atoms with Crippen LogP contribution in [0.3, 0.4) is 0 Å². The molecule has 1 aliphatic rings. The molecule has 4 heteroatoms. The van der Waals surface area contributed by atoms with E-state index in [1.54, 1.807) is 0 Å². The molecular weight excluding hydrogens is 305 g/mol. The van der Waals surface area contributed by atoms with Gasteiger partial charge >= 0.3 is 0 Å². The van der Waals surface area contributed by atoms with Crippen molar-refractivity contribution in [2.75, 3.05) is 11.4 Å². The molecule has 0 saturated carbocycles. The second kappa shape index (κ2) is 7.47. The van der Waals surface area contributed by atoms with Gasteiger partial charge < -0.3 is 14.4 Å². The van der Waals surface area contributed by atoms with Gasteiger partial charge in [0.05, 0.1) is 0 Å². The van der Waals surface area contributed by atoms with Gasteiger partial charge in [-0.2, -0.15) is 0 Å². The summed E-state index contributed by atoms with van der Waals surface area (Å²) in [5, 5.41) is 0. The van der Waals surface area contributed by atoms with Crippen LogP contribution in [-0.4, -0.2) is 25.0 Å². The molecule has 0 radical (unpaired) electrons. The molecule has 0 amide bonds. The van der Waals surface area contributed by atoms with Crippen molar-refractivity contribution in [3.63, 3.8) is 0 Å². The van der Waals surface area contributed by atoms with Crippen molar-refractivity contribution in [1.29, 1.82) is 0 Å². The minimum atomic E-state index is -0.869. The van der Waals surface area contributed by atoms with E-state index in [0.717, 1.165) is 23.3 Å². The monoisotopic (exact) mass is 327 g/mol.